The molecule has 0 bridgehead atoms. The van der Waals surface area contributed by atoms with Crippen molar-refractivity contribution in [1.29, 1.82) is 0 Å². The first kappa shape index (κ1) is 13.8. The lowest BCUT2D eigenvalue weighted by atomic mass is 9.98. The van der Waals surface area contributed by atoms with E-state index in [1.54, 1.807) is 6.92 Å². The predicted molar refractivity (Wildman–Crippen MR) is 78.8 cm³/mol. The monoisotopic (exact) mass is 285 g/mol. The summed E-state index contributed by atoms with van der Waals surface area (Å²) >= 11 is 0. The Morgan fingerprint density at radius 2 is 1.86 bits per heavy atom. The number of carbonyl (C=O) groups excluding carboxylic acids is 1. The van der Waals surface area contributed by atoms with Gasteiger partial charge in [-0.2, -0.15) is 0 Å². The largest absolute Gasteiger partial charge is 0.421 e. The number of rotatable bonds is 2. The average Bonchev–Trinajstić information content (AvgIpc) is 2.94. The van der Waals surface area contributed by atoms with Gasteiger partial charge in [0.25, 0.3) is 5.91 Å². The second kappa shape index (κ2) is 5.68. The zero-order valence-electron chi connectivity index (χ0n) is 12.4. The molecule has 5 heteroatoms. The van der Waals surface area contributed by atoms with Gasteiger partial charge >= 0.3 is 0 Å². The molecule has 1 aliphatic rings. The molecular formula is C16H19N3O2. The maximum Gasteiger partial charge on any atom is 0.253 e. The summed E-state index contributed by atoms with van der Waals surface area (Å²) in [5.74, 6) is 1.85. The van der Waals surface area contributed by atoms with Gasteiger partial charge in [0.1, 0.15) is 0 Å². The third kappa shape index (κ3) is 2.96. The summed E-state index contributed by atoms with van der Waals surface area (Å²) in [6.45, 7) is 5.70. The average molecular weight is 285 g/mol. The molecule has 110 valence electrons. The number of carbonyl (C=O) groups is 1. The number of aryl methyl sites for hydroxylation is 1. The zero-order valence-corrected chi connectivity index (χ0v) is 12.4. The van der Waals surface area contributed by atoms with Crippen molar-refractivity contribution >= 4 is 5.91 Å². The minimum Gasteiger partial charge on any atom is -0.421 e. The number of nitrogens with zero attached hydrogens (tertiary/aromatic N) is 3. The minimum atomic E-state index is 0.107. The molecule has 0 aliphatic carbocycles. The molecule has 3 rings (SSSR count). The molecule has 0 atom stereocenters. The highest BCUT2D eigenvalue weighted by Crippen LogP contribution is 2.21. The quantitative estimate of drug-likeness (QED) is 0.851. The Morgan fingerprint density at radius 3 is 2.43 bits per heavy atom. The summed E-state index contributed by atoms with van der Waals surface area (Å²) in [6, 6.07) is 7.37. The SMILES string of the molecule is Cc1nnc(-c2ccc(C(=O)N3CCC(C)CC3)cc2)o1. The molecule has 2 aromatic rings. The summed E-state index contributed by atoms with van der Waals surface area (Å²) in [5, 5.41) is 7.79. The first-order valence-electron chi connectivity index (χ1n) is 7.33. The second-order valence-corrected chi connectivity index (χ2v) is 5.68. The van der Waals surface area contributed by atoms with E-state index in [0.717, 1.165) is 37.4 Å². The molecule has 1 aromatic carbocycles. The third-order valence-corrected chi connectivity index (χ3v) is 3.98. The van der Waals surface area contributed by atoms with Gasteiger partial charge in [0.15, 0.2) is 0 Å². The molecule has 1 saturated heterocycles. The van der Waals surface area contributed by atoms with Crippen molar-refractivity contribution in [3.8, 4) is 11.5 Å². The lowest BCUT2D eigenvalue weighted by Gasteiger charge is -2.30. The zero-order chi connectivity index (χ0) is 14.8. The predicted octanol–water partition coefficient (Wildman–Crippen LogP) is 2.92. The third-order valence-electron chi connectivity index (χ3n) is 3.98. The van der Waals surface area contributed by atoms with Gasteiger partial charge < -0.3 is 9.32 Å². The van der Waals surface area contributed by atoms with Gasteiger partial charge in [0.2, 0.25) is 11.8 Å². The van der Waals surface area contributed by atoms with Crippen molar-refractivity contribution in [3.63, 3.8) is 0 Å². The Kier molecular flexibility index (Phi) is 3.73. The number of amides is 1. The highest BCUT2D eigenvalue weighted by atomic mass is 16.4. The number of benzene rings is 1. The Hall–Kier alpha value is -2.17. The van der Waals surface area contributed by atoms with Crippen molar-refractivity contribution in [2.24, 2.45) is 5.92 Å². The lowest BCUT2D eigenvalue weighted by Crippen LogP contribution is -2.37. The van der Waals surface area contributed by atoms with Crippen LogP contribution in [0.5, 0.6) is 0 Å². The van der Waals surface area contributed by atoms with Crippen LogP contribution in [0.1, 0.15) is 36.0 Å². The van der Waals surface area contributed by atoms with Crippen LogP contribution in [0.3, 0.4) is 0 Å². The lowest BCUT2D eigenvalue weighted by molar-refractivity contribution is 0.0697. The van der Waals surface area contributed by atoms with E-state index in [2.05, 4.69) is 17.1 Å². The van der Waals surface area contributed by atoms with Crippen LogP contribution in [0.2, 0.25) is 0 Å². The van der Waals surface area contributed by atoms with Crippen molar-refractivity contribution in [2.75, 3.05) is 13.1 Å². The molecule has 0 saturated carbocycles. The van der Waals surface area contributed by atoms with Gasteiger partial charge in [0.05, 0.1) is 0 Å². The van der Waals surface area contributed by atoms with Gasteiger partial charge in [-0.25, -0.2) is 0 Å². The van der Waals surface area contributed by atoms with Crippen LogP contribution in [0.25, 0.3) is 11.5 Å². The molecule has 0 spiro atoms. The van der Waals surface area contributed by atoms with Crippen molar-refractivity contribution in [3.05, 3.63) is 35.7 Å². The maximum absolute atomic E-state index is 12.4. The van der Waals surface area contributed by atoms with Crippen LogP contribution in [-0.2, 0) is 0 Å². The molecular weight excluding hydrogens is 266 g/mol. The van der Waals surface area contributed by atoms with E-state index >= 15 is 0 Å². The van der Waals surface area contributed by atoms with E-state index in [1.165, 1.54) is 0 Å². The fourth-order valence-corrected chi connectivity index (χ4v) is 2.56. The summed E-state index contributed by atoms with van der Waals surface area (Å²) < 4.78 is 5.38. The van der Waals surface area contributed by atoms with E-state index in [1.807, 2.05) is 29.2 Å². The Morgan fingerprint density at radius 1 is 1.19 bits per heavy atom. The van der Waals surface area contributed by atoms with E-state index < -0.39 is 0 Å². The second-order valence-electron chi connectivity index (χ2n) is 5.68. The van der Waals surface area contributed by atoms with Crippen LogP contribution >= 0.6 is 0 Å². The van der Waals surface area contributed by atoms with Crippen LogP contribution in [0.4, 0.5) is 0 Å². The normalized spacial score (nSPS) is 16.2. The van der Waals surface area contributed by atoms with Crippen LogP contribution < -0.4 is 0 Å². The molecule has 21 heavy (non-hydrogen) atoms. The van der Waals surface area contributed by atoms with Gasteiger partial charge in [0, 0.05) is 31.1 Å². The number of hydrogen-bond donors (Lipinski definition) is 0. The molecule has 0 unspecified atom stereocenters. The van der Waals surface area contributed by atoms with E-state index in [9.17, 15) is 4.79 Å². The van der Waals surface area contributed by atoms with E-state index in [-0.39, 0.29) is 5.91 Å². The summed E-state index contributed by atoms with van der Waals surface area (Å²) in [6.07, 6.45) is 2.18. The van der Waals surface area contributed by atoms with Crippen molar-refractivity contribution in [2.45, 2.75) is 26.7 Å². The summed E-state index contributed by atoms with van der Waals surface area (Å²) in [5.41, 5.74) is 1.55. The number of likely N-dealkylation sites (tertiary alicyclic amines) is 1. The molecule has 5 nitrogen and oxygen atoms in total. The first-order chi connectivity index (χ1) is 10.1. The van der Waals surface area contributed by atoms with Gasteiger partial charge in [-0.05, 0) is 43.0 Å². The fraction of sp³-hybridized carbons (Fsp3) is 0.438. The van der Waals surface area contributed by atoms with Crippen LogP contribution in [0.15, 0.2) is 28.7 Å². The van der Waals surface area contributed by atoms with Gasteiger partial charge in [-0.1, -0.05) is 6.92 Å². The Bertz CT molecular complexity index is 625. The molecule has 1 amide bonds. The van der Waals surface area contributed by atoms with Gasteiger partial charge in [-0.3, -0.25) is 4.79 Å². The van der Waals surface area contributed by atoms with E-state index in [0.29, 0.717) is 17.3 Å². The summed E-state index contributed by atoms with van der Waals surface area (Å²) in [7, 11) is 0. The topological polar surface area (TPSA) is 59.2 Å². The minimum absolute atomic E-state index is 0.107. The van der Waals surface area contributed by atoms with Gasteiger partial charge in [-0.15, -0.1) is 10.2 Å². The highest BCUT2D eigenvalue weighted by molar-refractivity contribution is 5.94. The molecule has 1 fully saturated rings. The highest BCUT2D eigenvalue weighted by Gasteiger charge is 2.21. The molecule has 2 heterocycles. The fourth-order valence-electron chi connectivity index (χ4n) is 2.56. The van der Waals surface area contributed by atoms with Crippen LogP contribution in [-0.4, -0.2) is 34.1 Å². The Balaban J connectivity index is 1.73. The van der Waals surface area contributed by atoms with Crippen LogP contribution in [0, 0.1) is 12.8 Å². The smallest absolute Gasteiger partial charge is 0.253 e. The standard InChI is InChI=1S/C16H19N3O2/c1-11-7-9-19(10-8-11)16(20)14-5-3-13(4-6-14)15-18-17-12(2)21-15/h3-6,11H,7-10H2,1-2H3. The molecule has 0 radical (unpaired) electrons. The number of aromatic nitrogens is 2. The number of piperidine rings is 1. The maximum atomic E-state index is 12.4. The molecule has 1 aromatic heterocycles. The first-order valence-corrected chi connectivity index (χ1v) is 7.33. The van der Waals surface area contributed by atoms with Crippen molar-refractivity contribution < 1.29 is 9.21 Å². The Labute approximate surface area is 124 Å². The van der Waals surface area contributed by atoms with E-state index in [4.69, 9.17) is 4.42 Å². The molecule has 0 N–H and O–H groups in total. The molecule has 1 aliphatic heterocycles. The summed E-state index contributed by atoms with van der Waals surface area (Å²) in [4.78, 5) is 14.4. The van der Waals surface area contributed by atoms with Crippen molar-refractivity contribution in [1.82, 2.24) is 15.1 Å². The number of hydrogen-bond acceptors (Lipinski definition) is 4.